The van der Waals surface area contributed by atoms with Crippen LogP contribution in [0.2, 0.25) is 0 Å². The van der Waals surface area contributed by atoms with Crippen molar-refractivity contribution < 1.29 is 14.3 Å². The van der Waals surface area contributed by atoms with Gasteiger partial charge in [-0.15, -0.1) is 10.2 Å². The zero-order valence-electron chi connectivity index (χ0n) is 14.5. The number of nitrogens with one attached hydrogen (secondary N) is 2. The second kappa shape index (κ2) is 8.11. The van der Waals surface area contributed by atoms with Crippen molar-refractivity contribution in [2.45, 2.75) is 12.3 Å². The molecule has 0 saturated heterocycles. The lowest BCUT2D eigenvalue weighted by Gasteiger charge is -2.15. The van der Waals surface area contributed by atoms with Gasteiger partial charge in [0.1, 0.15) is 17.4 Å². The Morgan fingerprint density at radius 1 is 1.12 bits per heavy atom. The van der Waals surface area contributed by atoms with E-state index in [4.69, 9.17) is 9.47 Å². The zero-order valence-corrected chi connectivity index (χ0v) is 14.5. The molecule has 26 heavy (non-hydrogen) atoms. The highest BCUT2D eigenvalue weighted by Gasteiger charge is 2.26. The van der Waals surface area contributed by atoms with E-state index in [1.165, 1.54) is 0 Å². The van der Waals surface area contributed by atoms with Crippen molar-refractivity contribution in [2.24, 2.45) is 0 Å². The van der Waals surface area contributed by atoms with Crippen molar-refractivity contribution in [3.05, 3.63) is 59.9 Å². The number of carbonyl (C=O) groups is 1. The molecule has 0 bridgehead atoms. The number of aromatic amines is 1. The second-order valence-corrected chi connectivity index (χ2v) is 5.56. The third-order valence-electron chi connectivity index (χ3n) is 3.95. The van der Waals surface area contributed by atoms with Crippen molar-refractivity contribution in [2.75, 3.05) is 19.5 Å². The summed E-state index contributed by atoms with van der Waals surface area (Å²) in [5.74, 6) is 0.812. The van der Waals surface area contributed by atoms with Crippen LogP contribution in [0.15, 0.2) is 48.5 Å². The summed E-state index contributed by atoms with van der Waals surface area (Å²) in [5.41, 5.74) is 1.54. The lowest BCUT2D eigenvalue weighted by atomic mass is 9.97. The molecule has 8 heteroatoms. The molecule has 1 amide bonds. The van der Waals surface area contributed by atoms with Gasteiger partial charge >= 0.3 is 0 Å². The fourth-order valence-corrected chi connectivity index (χ4v) is 2.58. The van der Waals surface area contributed by atoms with Crippen LogP contribution in [0.1, 0.15) is 17.3 Å². The van der Waals surface area contributed by atoms with Crippen molar-refractivity contribution in [1.82, 2.24) is 20.6 Å². The smallest absolute Gasteiger partial charge is 0.235 e. The van der Waals surface area contributed by atoms with Gasteiger partial charge in [0.15, 0.2) is 5.82 Å². The Hall–Kier alpha value is -3.42. The largest absolute Gasteiger partial charge is 0.497 e. The van der Waals surface area contributed by atoms with E-state index in [1.807, 2.05) is 36.4 Å². The number of rotatable bonds is 7. The second-order valence-electron chi connectivity index (χ2n) is 5.56. The van der Waals surface area contributed by atoms with E-state index in [0.29, 0.717) is 23.7 Å². The van der Waals surface area contributed by atoms with Gasteiger partial charge in [-0.1, -0.05) is 29.5 Å². The molecular formula is C18H19N5O3. The Balaban J connectivity index is 1.82. The molecule has 3 aromatic rings. The van der Waals surface area contributed by atoms with Crippen LogP contribution in [-0.2, 0) is 11.2 Å². The van der Waals surface area contributed by atoms with Crippen LogP contribution >= 0.6 is 0 Å². The number of nitrogens with zero attached hydrogens (tertiary/aromatic N) is 3. The molecule has 0 aliphatic carbocycles. The molecule has 0 spiro atoms. The van der Waals surface area contributed by atoms with Crippen LogP contribution in [0.4, 0.5) is 5.69 Å². The van der Waals surface area contributed by atoms with Gasteiger partial charge in [-0.25, -0.2) is 0 Å². The first kappa shape index (κ1) is 17.4. The first-order chi connectivity index (χ1) is 12.7. The molecule has 1 atom stereocenters. The van der Waals surface area contributed by atoms with Gasteiger partial charge in [0.25, 0.3) is 0 Å². The lowest BCUT2D eigenvalue weighted by Crippen LogP contribution is -2.24. The number of carbonyl (C=O) groups excluding carboxylic acids is 1. The first-order valence-electron chi connectivity index (χ1n) is 8.01. The molecule has 0 radical (unpaired) electrons. The Bertz CT molecular complexity index is 850. The number of hydrogen-bond acceptors (Lipinski definition) is 6. The number of para-hydroxylation sites is 2. The van der Waals surface area contributed by atoms with Gasteiger partial charge in [0.05, 0.1) is 19.9 Å². The zero-order chi connectivity index (χ0) is 18.4. The molecule has 0 aliphatic rings. The SMILES string of the molecule is COc1ccc(C[C@H](C(=O)Nc2ccccc2OC)c2nn[nH]n2)cc1. The molecule has 8 nitrogen and oxygen atoms in total. The van der Waals surface area contributed by atoms with E-state index in [0.717, 1.165) is 11.3 Å². The molecule has 0 saturated carbocycles. The molecule has 134 valence electrons. The fraction of sp³-hybridized carbons (Fsp3) is 0.222. The highest BCUT2D eigenvalue weighted by Crippen LogP contribution is 2.26. The summed E-state index contributed by atoms with van der Waals surface area (Å²) in [6.45, 7) is 0. The minimum Gasteiger partial charge on any atom is -0.497 e. The maximum absolute atomic E-state index is 12.9. The van der Waals surface area contributed by atoms with Gasteiger partial charge in [0.2, 0.25) is 5.91 Å². The van der Waals surface area contributed by atoms with Gasteiger partial charge in [0, 0.05) is 0 Å². The van der Waals surface area contributed by atoms with Crippen LogP contribution in [0.5, 0.6) is 11.5 Å². The van der Waals surface area contributed by atoms with E-state index >= 15 is 0 Å². The van der Waals surface area contributed by atoms with E-state index in [-0.39, 0.29) is 5.91 Å². The predicted octanol–water partition coefficient (Wildman–Crippen LogP) is 2.18. The monoisotopic (exact) mass is 353 g/mol. The van der Waals surface area contributed by atoms with Crippen molar-refractivity contribution in [1.29, 1.82) is 0 Å². The van der Waals surface area contributed by atoms with Crippen molar-refractivity contribution >= 4 is 11.6 Å². The van der Waals surface area contributed by atoms with Crippen molar-refractivity contribution in [3.8, 4) is 11.5 Å². The van der Waals surface area contributed by atoms with Gasteiger partial charge in [-0.3, -0.25) is 4.79 Å². The highest BCUT2D eigenvalue weighted by molar-refractivity contribution is 5.96. The molecule has 2 N–H and O–H groups in total. The summed E-state index contributed by atoms with van der Waals surface area (Å²) < 4.78 is 10.4. The highest BCUT2D eigenvalue weighted by atomic mass is 16.5. The molecule has 2 aromatic carbocycles. The minimum absolute atomic E-state index is 0.244. The number of hydrogen-bond donors (Lipinski definition) is 2. The number of anilines is 1. The maximum atomic E-state index is 12.9. The summed E-state index contributed by atoms with van der Waals surface area (Å²) >= 11 is 0. The van der Waals surface area contributed by atoms with Crippen LogP contribution in [0.3, 0.4) is 0 Å². The van der Waals surface area contributed by atoms with Crippen LogP contribution in [-0.4, -0.2) is 40.8 Å². The average molecular weight is 353 g/mol. The summed E-state index contributed by atoms with van der Waals surface area (Å²) in [5, 5.41) is 16.8. The number of benzene rings is 2. The van der Waals surface area contributed by atoms with Gasteiger partial charge in [-0.05, 0) is 36.2 Å². The van der Waals surface area contributed by atoms with E-state index in [2.05, 4.69) is 25.9 Å². The van der Waals surface area contributed by atoms with Crippen LogP contribution in [0, 0.1) is 0 Å². The third kappa shape index (κ3) is 3.97. The Morgan fingerprint density at radius 2 is 1.88 bits per heavy atom. The van der Waals surface area contributed by atoms with E-state index in [1.54, 1.807) is 26.4 Å². The number of methoxy groups -OCH3 is 2. The standard InChI is InChI=1S/C18H19N5O3/c1-25-13-9-7-12(8-10-13)11-14(17-20-22-23-21-17)18(24)19-15-5-3-4-6-16(15)26-2/h3-10,14H,11H2,1-2H3,(H,19,24)(H,20,21,22,23)/t14-/m0/s1. The molecule has 1 heterocycles. The third-order valence-corrected chi connectivity index (χ3v) is 3.95. The number of ether oxygens (including phenoxy) is 2. The molecule has 1 aromatic heterocycles. The fourth-order valence-electron chi connectivity index (χ4n) is 2.58. The Kier molecular flexibility index (Phi) is 5.43. The molecule has 0 unspecified atom stereocenters. The number of H-pyrrole nitrogens is 1. The number of amides is 1. The predicted molar refractivity (Wildman–Crippen MR) is 95.2 cm³/mol. The molecule has 3 rings (SSSR count). The number of tetrazole rings is 1. The molecule has 0 aliphatic heterocycles. The Morgan fingerprint density at radius 3 is 2.54 bits per heavy atom. The van der Waals surface area contributed by atoms with Gasteiger partial charge < -0.3 is 14.8 Å². The first-order valence-corrected chi connectivity index (χ1v) is 8.01. The summed E-state index contributed by atoms with van der Waals surface area (Å²) in [6, 6.07) is 14.7. The molecule has 0 fully saturated rings. The number of aromatic nitrogens is 4. The summed E-state index contributed by atoms with van der Waals surface area (Å²) in [7, 11) is 3.16. The summed E-state index contributed by atoms with van der Waals surface area (Å²) in [4.78, 5) is 12.9. The summed E-state index contributed by atoms with van der Waals surface area (Å²) in [6.07, 6.45) is 0.421. The van der Waals surface area contributed by atoms with E-state index in [9.17, 15) is 4.79 Å². The van der Waals surface area contributed by atoms with Crippen LogP contribution in [0.25, 0.3) is 0 Å². The van der Waals surface area contributed by atoms with E-state index < -0.39 is 5.92 Å². The van der Waals surface area contributed by atoms with Gasteiger partial charge in [-0.2, -0.15) is 5.21 Å². The Labute approximate surface area is 150 Å². The average Bonchev–Trinajstić information content (AvgIpc) is 3.21. The quantitative estimate of drug-likeness (QED) is 0.675. The minimum atomic E-state index is -0.605. The maximum Gasteiger partial charge on any atom is 0.235 e. The normalized spacial score (nSPS) is 11.6. The lowest BCUT2D eigenvalue weighted by molar-refractivity contribution is -0.117. The van der Waals surface area contributed by atoms with Crippen molar-refractivity contribution in [3.63, 3.8) is 0 Å². The van der Waals surface area contributed by atoms with Crippen LogP contribution < -0.4 is 14.8 Å². The topological polar surface area (TPSA) is 102 Å². The molecular weight excluding hydrogens is 334 g/mol.